The molecule has 4 rings (SSSR count). The van der Waals surface area contributed by atoms with Gasteiger partial charge in [-0.3, -0.25) is 9.59 Å². The maximum absolute atomic E-state index is 14.1. The number of aliphatic carboxylic acids is 1. The number of carboxylic acids is 1. The summed E-state index contributed by atoms with van der Waals surface area (Å²) in [6.45, 7) is 14.2. The van der Waals surface area contributed by atoms with Gasteiger partial charge in [-0.05, 0) is 65.9 Å². The molecular formula is C27H36BrN7O6S. The van der Waals surface area contributed by atoms with Crippen molar-refractivity contribution in [3.63, 3.8) is 0 Å². The highest BCUT2D eigenvalue weighted by Gasteiger charge is 2.61. The van der Waals surface area contributed by atoms with Gasteiger partial charge >= 0.3 is 12.1 Å². The second kappa shape index (κ2) is 11.4. The molecular weight excluding hydrogens is 630 g/mol. The number of alkyl carbamates (subject to hydrolysis) is 1. The SMILES string of the molecule is C=CC1CC1(NC(=O)C1CC(n2nnc(-c3ccc(Br)s3)n2)CN1C(=O)C(NC(=O)OC(C)(C)C)C(C)(C)C)C(=O)O. The van der Waals surface area contributed by atoms with E-state index in [0.29, 0.717) is 5.82 Å². The highest BCUT2D eigenvalue weighted by molar-refractivity contribution is 9.11. The topological polar surface area (TPSA) is 169 Å². The fourth-order valence-electron chi connectivity index (χ4n) is 4.94. The molecule has 2 fully saturated rings. The van der Waals surface area contributed by atoms with Crippen LogP contribution in [0.5, 0.6) is 0 Å². The van der Waals surface area contributed by atoms with Crippen molar-refractivity contribution in [1.29, 1.82) is 0 Å². The standard InChI is InChI=1S/C27H36BrN7O6S/c1-8-14-12-27(14,23(38)39)30-21(36)16-11-15(35-32-20(31-33-35)17-9-10-18(28)42-17)13-34(16)22(37)19(25(2,3)4)29-24(40)41-26(5,6)7/h8-10,14-16,19H,1,11-13H2,2-7H3,(H,29,40)(H,30,36)(H,38,39). The summed E-state index contributed by atoms with van der Waals surface area (Å²) in [5.74, 6) is -2.34. The Morgan fingerprint density at radius 3 is 2.45 bits per heavy atom. The summed E-state index contributed by atoms with van der Waals surface area (Å²) < 4.78 is 6.30. The van der Waals surface area contributed by atoms with Gasteiger partial charge in [0, 0.05) is 18.9 Å². The quantitative estimate of drug-likeness (QED) is 0.358. The number of rotatable bonds is 8. The van der Waals surface area contributed by atoms with Crippen molar-refractivity contribution in [3.8, 4) is 10.7 Å². The van der Waals surface area contributed by atoms with Crippen LogP contribution in [0.15, 0.2) is 28.6 Å². The lowest BCUT2D eigenvalue weighted by molar-refractivity contribution is -0.146. The lowest BCUT2D eigenvalue weighted by Crippen LogP contribution is -2.59. The first-order chi connectivity index (χ1) is 19.4. The van der Waals surface area contributed by atoms with Gasteiger partial charge in [-0.2, -0.15) is 4.80 Å². The third-order valence-corrected chi connectivity index (χ3v) is 8.83. The summed E-state index contributed by atoms with van der Waals surface area (Å²) in [7, 11) is 0. The zero-order valence-corrected chi connectivity index (χ0v) is 26.8. The molecule has 2 aromatic heterocycles. The first kappa shape index (κ1) is 31.6. The second-order valence-corrected chi connectivity index (χ2v) is 15.2. The molecule has 3 N–H and O–H groups in total. The van der Waals surface area contributed by atoms with Gasteiger partial charge in [0.1, 0.15) is 23.2 Å². The second-order valence-electron chi connectivity index (χ2n) is 12.7. The maximum Gasteiger partial charge on any atom is 0.408 e. The molecule has 3 amide bonds. The van der Waals surface area contributed by atoms with E-state index in [2.05, 4.69) is 48.6 Å². The maximum atomic E-state index is 14.1. The van der Waals surface area contributed by atoms with Gasteiger partial charge in [-0.15, -0.1) is 28.1 Å². The molecule has 5 unspecified atom stereocenters. The van der Waals surface area contributed by atoms with E-state index < -0.39 is 64.5 Å². The van der Waals surface area contributed by atoms with Gasteiger partial charge in [-0.1, -0.05) is 26.8 Å². The van der Waals surface area contributed by atoms with E-state index in [4.69, 9.17) is 4.74 Å². The summed E-state index contributed by atoms with van der Waals surface area (Å²) in [4.78, 5) is 56.1. The van der Waals surface area contributed by atoms with Crippen molar-refractivity contribution in [2.24, 2.45) is 11.3 Å². The number of amides is 3. The predicted molar refractivity (Wildman–Crippen MR) is 157 cm³/mol. The largest absolute Gasteiger partial charge is 0.479 e. The van der Waals surface area contributed by atoms with Gasteiger partial charge in [0.15, 0.2) is 0 Å². The van der Waals surface area contributed by atoms with Gasteiger partial charge in [0.05, 0.1) is 14.7 Å². The van der Waals surface area contributed by atoms with Crippen molar-refractivity contribution in [3.05, 3.63) is 28.6 Å². The van der Waals surface area contributed by atoms with E-state index >= 15 is 0 Å². The smallest absolute Gasteiger partial charge is 0.408 e. The minimum Gasteiger partial charge on any atom is -0.479 e. The van der Waals surface area contributed by atoms with Crippen molar-refractivity contribution >= 4 is 51.1 Å². The van der Waals surface area contributed by atoms with Crippen molar-refractivity contribution in [1.82, 2.24) is 35.7 Å². The van der Waals surface area contributed by atoms with Gasteiger partial charge in [0.25, 0.3) is 0 Å². The molecule has 0 bridgehead atoms. The number of tetrazole rings is 1. The lowest BCUT2D eigenvalue weighted by Gasteiger charge is -2.36. The first-order valence-electron chi connectivity index (χ1n) is 13.5. The number of halogens is 1. The Kier molecular flexibility index (Phi) is 8.57. The average Bonchev–Trinajstić information content (AvgIpc) is 3.27. The summed E-state index contributed by atoms with van der Waals surface area (Å²) >= 11 is 4.86. The van der Waals surface area contributed by atoms with Gasteiger partial charge in [-0.25, -0.2) is 9.59 Å². The Bertz CT molecular complexity index is 1400. The molecule has 15 heteroatoms. The average molecular weight is 667 g/mol. The highest BCUT2D eigenvalue weighted by atomic mass is 79.9. The number of likely N-dealkylation sites (tertiary alicyclic amines) is 1. The molecule has 228 valence electrons. The van der Waals surface area contributed by atoms with E-state index in [-0.39, 0.29) is 19.4 Å². The Balaban J connectivity index is 1.64. The Morgan fingerprint density at radius 1 is 1.24 bits per heavy atom. The molecule has 13 nitrogen and oxygen atoms in total. The number of aromatic nitrogens is 4. The summed E-state index contributed by atoms with van der Waals surface area (Å²) in [5.41, 5.74) is -3.03. The minimum atomic E-state index is -1.48. The number of carbonyl (C=O) groups is 4. The Hall–Kier alpha value is -3.33. The number of hydrogen-bond acceptors (Lipinski definition) is 9. The normalized spacial score (nSPS) is 24.5. The number of carboxylic acid groups (broad SMARTS) is 1. The molecule has 5 atom stereocenters. The van der Waals surface area contributed by atoms with Crippen LogP contribution in [0, 0.1) is 11.3 Å². The summed E-state index contributed by atoms with van der Waals surface area (Å²) in [6, 6.07) is 1.07. The van der Waals surface area contributed by atoms with E-state index in [1.54, 1.807) is 41.5 Å². The molecule has 1 aliphatic carbocycles. The molecule has 1 saturated heterocycles. The number of thiophene rings is 1. The van der Waals surface area contributed by atoms with Crippen molar-refractivity contribution < 1.29 is 29.0 Å². The van der Waals surface area contributed by atoms with Crippen molar-refractivity contribution in [2.45, 2.75) is 83.6 Å². The highest BCUT2D eigenvalue weighted by Crippen LogP contribution is 2.45. The van der Waals surface area contributed by atoms with E-state index in [0.717, 1.165) is 8.66 Å². The van der Waals surface area contributed by atoms with Gasteiger partial charge < -0.3 is 25.4 Å². The molecule has 2 aliphatic rings. The fraction of sp³-hybridized carbons (Fsp3) is 0.593. The molecule has 42 heavy (non-hydrogen) atoms. The van der Waals surface area contributed by atoms with Gasteiger partial charge in [0.2, 0.25) is 17.6 Å². The molecule has 0 radical (unpaired) electrons. The molecule has 0 spiro atoms. The van der Waals surface area contributed by atoms with Crippen LogP contribution in [0.2, 0.25) is 0 Å². The lowest BCUT2D eigenvalue weighted by atomic mass is 9.85. The zero-order valence-electron chi connectivity index (χ0n) is 24.4. The molecule has 2 aromatic rings. The van der Waals surface area contributed by atoms with E-state index in [9.17, 15) is 24.3 Å². The predicted octanol–water partition coefficient (Wildman–Crippen LogP) is 3.39. The number of ether oxygens (including phenoxy) is 1. The number of carbonyl (C=O) groups excluding carboxylic acids is 3. The van der Waals surface area contributed by atoms with Crippen LogP contribution in [0.1, 0.15) is 60.4 Å². The van der Waals surface area contributed by atoms with Crippen LogP contribution in [-0.2, 0) is 19.1 Å². The molecule has 1 aliphatic heterocycles. The number of nitrogens with zero attached hydrogens (tertiary/aromatic N) is 5. The number of nitrogens with one attached hydrogen (secondary N) is 2. The fourth-order valence-corrected chi connectivity index (χ4v) is 6.26. The van der Waals surface area contributed by atoms with Crippen LogP contribution in [0.25, 0.3) is 10.7 Å². The van der Waals surface area contributed by atoms with Crippen LogP contribution >= 0.6 is 27.3 Å². The Morgan fingerprint density at radius 2 is 1.93 bits per heavy atom. The third-order valence-electron chi connectivity index (χ3n) is 7.21. The molecule has 3 heterocycles. The summed E-state index contributed by atoms with van der Waals surface area (Å²) in [5, 5.41) is 28.1. The monoisotopic (exact) mass is 665 g/mol. The molecule has 1 saturated carbocycles. The summed E-state index contributed by atoms with van der Waals surface area (Å²) in [6.07, 6.45) is 1.04. The van der Waals surface area contributed by atoms with Crippen LogP contribution < -0.4 is 10.6 Å². The third kappa shape index (κ3) is 6.66. The zero-order chi connectivity index (χ0) is 31.2. The minimum absolute atomic E-state index is 0.0361. The van der Waals surface area contributed by atoms with Crippen LogP contribution in [0.4, 0.5) is 4.79 Å². The van der Waals surface area contributed by atoms with E-state index in [1.807, 2.05) is 12.1 Å². The van der Waals surface area contributed by atoms with Crippen molar-refractivity contribution in [2.75, 3.05) is 6.54 Å². The first-order valence-corrected chi connectivity index (χ1v) is 15.1. The van der Waals surface area contributed by atoms with Crippen LogP contribution in [0.3, 0.4) is 0 Å². The van der Waals surface area contributed by atoms with Crippen LogP contribution in [-0.4, -0.2) is 83.9 Å². The molecule has 0 aromatic carbocycles. The van der Waals surface area contributed by atoms with E-state index in [1.165, 1.54) is 27.1 Å². The number of hydrogen-bond donors (Lipinski definition) is 3. The Labute approximate surface area is 256 Å².